The molecule has 12 nitrogen and oxygen atoms in total. The summed E-state index contributed by atoms with van der Waals surface area (Å²) in [4.78, 5) is 43.8. The summed E-state index contributed by atoms with van der Waals surface area (Å²) in [6.07, 6.45) is 20.4. The van der Waals surface area contributed by atoms with Gasteiger partial charge < -0.3 is 60.3 Å². The molecule has 10 aromatic rings. The van der Waals surface area contributed by atoms with E-state index < -0.39 is 0 Å². The smallest absolute Gasteiger partial charge is 2.00 e. The minimum absolute atomic E-state index is 0. The van der Waals surface area contributed by atoms with Gasteiger partial charge >= 0.3 is 162 Å². The van der Waals surface area contributed by atoms with Gasteiger partial charge in [0.1, 0.15) is 0 Å². The van der Waals surface area contributed by atoms with Crippen molar-refractivity contribution in [3.05, 3.63) is 260 Å². The van der Waals surface area contributed by atoms with Gasteiger partial charge in [0.15, 0.2) is 0 Å². The molecule has 0 spiro atoms. The third kappa shape index (κ3) is 20.2. The van der Waals surface area contributed by atoms with Gasteiger partial charge in [-0.05, 0) is 186 Å². The molecule has 4 aliphatic rings. The van der Waals surface area contributed by atoms with Crippen molar-refractivity contribution in [3.8, 4) is 0 Å². The Kier molecular flexibility index (Phi) is 43.5. The zero-order valence-corrected chi connectivity index (χ0v) is 80.3. The zero-order chi connectivity index (χ0) is 74.8. The van der Waals surface area contributed by atoms with Crippen molar-refractivity contribution in [2.45, 2.75) is 296 Å². The van der Waals surface area contributed by atoms with E-state index in [0.717, 1.165) is 220 Å². The monoisotopic (exact) mass is 2040 g/mol. The van der Waals surface area contributed by atoms with Gasteiger partial charge in [0.2, 0.25) is 0 Å². The molecular formula is C94H128N8O4Sm4. The number of ether oxygens (including phenoxy) is 2. The van der Waals surface area contributed by atoms with Crippen molar-refractivity contribution < 1.29 is 182 Å². The minimum atomic E-state index is -0.219. The topological polar surface area (TPSA) is 188 Å². The van der Waals surface area contributed by atoms with Crippen molar-refractivity contribution in [1.29, 1.82) is 0 Å². The molecule has 12 heterocycles. The van der Waals surface area contributed by atoms with Crippen LogP contribution in [0.15, 0.2) is 158 Å². The van der Waals surface area contributed by atoms with Crippen LogP contribution in [-0.4, -0.2) is 26.4 Å². The van der Waals surface area contributed by atoms with Crippen LogP contribution < -0.4 is 39.9 Å². The Morgan fingerprint density at radius 1 is 0.200 bits per heavy atom. The number of fused-ring (bicyclic) bond motifs is 16. The van der Waals surface area contributed by atoms with Crippen LogP contribution in [0.4, 0.5) is 0 Å². The van der Waals surface area contributed by atoms with Crippen LogP contribution in [0.25, 0.3) is 0 Å². The maximum absolute atomic E-state index is 5.47. The number of aryl methyl sites for hydroxylation is 2. The van der Waals surface area contributed by atoms with Crippen LogP contribution >= 0.6 is 0 Å². The molecule has 2 aromatic carbocycles. The number of hydrogen-bond donors (Lipinski definition) is 0. The second-order valence-corrected chi connectivity index (χ2v) is 30.0. The van der Waals surface area contributed by atoms with Crippen LogP contribution in [-0.2, 0) is 63.7 Å². The first-order valence-electron chi connectivity index (χ1n) is 40.8. The second kappa shape index (κ2) is 46.9. The molecule has 14 rings (SSSR count). The van der Waals surface area contributed by atoms with E-state index in [4.69, 9.17) is 49.3 Å². The molecule has 592 valence electrons. The van der Waals surface area contributed by atoms with Crippen molar-refractivity contribution in [2.24, 2.45) is 0 Å². The summed E-state index contributed by atoms with van der Waals surface area (Å²) in [7, 11) is 0. The first-order valence-corrected chi connectivity index (χ1v) is 40.8. The molecule has 0 N–H and O–H groups in total. The van der Waals surface area contributed by atoms with E-state index in [1.807, 2.05) is 36.4 Å². The van der Waals surface area contributed by atoms with Crippen LogP contribution in [0.3, 0.4) is 0 Å². The summed E-state index contributed by atoms with van der Waals surface area (Å²) in [5.74, 6) is 0. The number of nitrogens with zero attached hydrogens (tertiary/aromatic N) is 8. The Morgan fingerprint density at radius 2 is 0.309 bits per heavy atom. The quantitative estimate of drug-likeness (QED) is 0.0900. The summed E-state index contributed by atoms with van der Waals surface area (Å²) in [5, 5.41) is 0. The molecule has 4 aliphatic heterocycles. The predicted molar refractivity (Wildman–Crippen MR) is 433 cm³/mol. The molecule has 16 bridgehead atoms. The van der Waals surface area contributed by atoms with Crippen molar-refractivity contribution in [2.75, 3.05) is 26.4 Å². The van der Waals surface area contributed by atoms with Gasteiger partial charge in [-0.2, -0.15) is 91.1 Å². The Morgan fingerprint density at radius 3 is 0.373 bits per heavy atom. The van der Waals surface area contributed by atoms with E-state index in [1.54, 1.807) is 0 Å². The number of rotatable bonds is 16. The third-order valence-corrected chi connectivity index (χ3v) is 26.2. The molecule has 2 saturated heterocycles. The molecule has 2 fully saturated rings. The maximum Gasteiger partial charge on any atom is 3.00 e. The molecular weight excluding hydrogens is 1910 g/mol. The van der Waals surface area contributed by atoms with Crippen LogP contribution in [0.5, 0.6) is 0 Å². The van der Waals surface area contributed by atoms with E-state index in [0.29, 0.717) is 0 Å². The SMILES string of the molecule is C1CCOC1.C1CCOC1.CCC1(CC)c2ccc([n-]2)C(CC)(CC)c2ccc([n-]2)C(CC)(CC)c2ccc([n-]2)C(CC)(CC)c2ccc1[n-]2.CCC1(CC)c2ccc([n-]2)C(CC)(CC)c2ccc([n-]2)C(CC)(CC)c2ccc([n-]2)C(CC)(CC)c2ccc1[n-]2.Cc1ccccc1.Cc1ccccc1.[O-2].[O-2].[Sm+3].[Sm+3].[Sm+3].[Sm+3]. The zero-order valence-electron chi connectivity index (χ0n) is 69.8. The fourth-order valence-electron chi connectivity index (χ4n) is 18.1. The van der Waals surface area contributed by atoms with Gasteiger partial charge in [-0.25, -0.2) is 0 Å². The number of hydrogen-bond acceptors (Lipinski definition) is 2. The first kappa shape index (κ1) is 102. The molecule has 4 radical (unpaired) electrons. The maximum atomic E-state index is 5.47. The van der Waals surface area contributed by atoms with E-state index in [-0.39, 0.29) is 216 Å². The number of aromatic nitrogens is 8. The summed E-state index contributed by atoms with van der Waals surface area (Å²) in [6, 6.07) is 56.9. The van der Waals surface area contributed by atoms with E-state index in [1.165, 1.54) is 36.8 Å². The minimum Gasteiger partial charge on any atom is -2.00 e. The van der Waals surface area contributed by atoms with E-state index >= 15 is 0 Å². The Bertz CT molecular complexity index is 3240. The van der Waals surface area contributed by atoms with E-state index in [9.17, 15) is 0 Å². The van der Waals surface area contributed by atoms with Crippen molar-refractivity contribution >= 4 is 0 Å². The Hall–Kier alpha value is -2.13. The average Bonchev–Trinajstić information content (AvgIpc) is 1.58. The normalized spacial score (nSPS) is 16.8. The van der Waals surface area contributed by atoms with Crippen LogP contribution in [0.2, 0.25) is 0 Å². The summed E-state index contributed by atoms with van der Waals surface area (Å²) in [6.45, 7) is 44.8. The molecule has 8 aromatic heterocycles. The van der Waals surface area contributed by atoms with Crippen LogP contribution in [0.1, 0.15) is 341 Å². The van der Waals surface area contributed by atoms with Crippen molar-refractivity contribution in [3.63, 3.8) is 0 Å². The van der Waals surface area contributed by atoms with Gasteiger partial charge in [0, 0.05) is 26.4 Å². The number of benzene rings is 2. The molecule has 0 amide bonds. The van der Waals surface area contributed by atoms with Crippen molar-refractivity contribution in [1.82, 2.24) is 39.9 Å². The van der Waals surface area contributed by atoms with E-state index in [2.05, 4.69) is 246 Å². The Labute approximate surface area is 793 Å². The van der Waals surface area contributed by atoms with Gasteiger partial charge in [0.25, 0.3) is 0 Å². The predicted octanol–water partition coefficient (Wildman–Crippen LogP) is 21.9. The molecule has 110 heavy (non-hydrogen) atoms. The van der Waals surface area contributed by atoms with Gasteiger partial charge in [-0.1, -0.05) is 280 Å². The summed E-state index contributed by atoms with van der Waals surface area (Å²) in [5.41, 5.74) is 19.2. The fourth-order valence-corrected chi connectivity index (χ4v) is 18.1. The van der Waals surface area contributed by atoms with Gasteiger partial charge in [-0.15, -0.1) is 0 Å². The van der Waals surface area contributed by atoms with Gasteiger partial charge in [-0.3, -0.25) is 0 Å². The summed E-state index contributed by atoms with van der Waals surface area (Å²) >= 11 is 0. The molecule has 16 heteroatoms. The molecule has 0 aliphatic carbocycles. The standard InChI is InChI=1S/2C36H48N4.2C7H8.2C4H8O.2O.4Sm/c2*1-9-33(10-2)25-17-19-27(37-25)34(11-3,12-4)29-21-23-31(39-29)36(15-7,16-8)32-24-22-30(40-32)35(13-5,14-6)28-20-18-26(33)38-28;2*1-7-5-3-2-4-6-7;2*1-2-4-5-3-1;;;;;;/h2*17-24H,9-16H2,1-8H3;2*2-6H,1H3;2*1-4H2;;;;;;/q2*-4;;;;;2*-2;4*+3. The average molecular weight is 2040 g/mol. The van der Waals surface area contributed by atoms with Gasteiger partial charge in [0.05, 0.1) is 0 Å². The fraction of sp³-hybridized carbons (Fsp3) is 0.532. The largest absolute Gasteiger partial charge is 3.00 e. The second-order valence-electron chi connectivity index (χ2n) is 30.0. The first-order chi connectivity index (χ1) is 50.4. The molecule has 0 atom stereocenters. The molecule has 0 unspecified atom stereocenters. The summed E-state index contributed by atoms with van der Waals surface area (Å²) < 4.78 is 9.89. The Balaban J connectivity index is 0.000000417. The van der Waals surface area contributed by atoms with Crippen LogP contribution in [0, 0.1) is 175 Å². The third-order valence-electron chi connectivity index (χ3n) is 26.2. The molecule has 0 saturated carbocycles.